The van der Waals surface area contributed by atoms with Gasteiger partial charge in [0.2, 0.25) is 0 Å². The third kappa shape index (κ3) is 1.86. The third-order valence-electron chi connectivity index (χ3n) is 2.56. The highest BCUT2D eigenvalue weighted by molar-refractivity contribution is 5.98. The average Bonchev–Trinajstić information content (AvgIpc) is 3.00. The standard InChI is InChI=1S/C10H11N3O3/c1-6-11-4-7(5-12-6)8(14)13-10(2-3-10)9(15)16/h4-5H,2-3H2,1H3,(H,13,14)(H,15,16). The minimum absolute atomic E-state index is 0.276. The fraction of sp³-hybridized carbons (Fsp3) is 0.400. The Morgan fingerprint density at radius 2 is 1.94 bits per heavy atom. The highest BCUT2D eigenvalue weighted by Crippen LogP contribution is 2.35. The Morgan fingerprint density at radius 1 is 1.38 bits per heavy atom. The van der Waals surface area contributed by atoms with Crippen LogP contribution in [0, 0.1) is 6.92 Å². The molecule has 0 aromatic carbocycles. The van der Waals surface area contributed by atoms with Crippen LogP contribution in [0.3, 0.4) is 0 Å². The molecule has 1 aromatic heterocycles. The SMILES string of the molecule is Cc1ncc(C(=O)NC2(C(=O)O)CC2)cn1. The summed E-state index contributed by atoms with van der Waals surface area (Å²) in [5.74, 6) is -0.871. The topological polar surface area (TPSA) is 92.2 Å². The average molecular weight is 221 g/mol. The van der Waals surface area contributed by atoms with E-state index in [4.69, 9.17) is 5.11 Å². The maximum Gasteiger partial charge on any atom is 0.329 e. The Hall–Kier alpha value is -1.98. The minimum Gasteiger partial charge on any atom is -0.480 e. The molecule has 1 saturated carbocycles. The van der Waals surface area contributed by atoms with E-state index < -0.39 is 17.4 Å². The summed E-state index contributed by atoms with van der Waals surface area (Å²) in [4.78, 5) is 30.3. The van der Waals surface area contributed by atoms with E-state index >= 15 is 0 Å². The zero-order chi connectivity index (χ0) is 11.8. The van der Waals surface area contributed by atoms with Crippen LogP contribution in [-0.2, 0) is 4.79 Å². The van der Waals surface area contributed by atoms with Crippen molar-refractivity contribution in [3.63, 3.8) is 0 Å². The molecule has 0 saturated heterocycles. The lowest BCUT2D eigenvalue weighted by molar-refractivity contribution is -0.140. The number of aryl methyl sites for hydroxylation is 1. The molecule has 1 aliphatic carbocycles. The van der Waals surface area contributed by atoms with Crippen molar-refractivity contribution in [2.75, 3.05) is 0 Å². The van der Waals surface area contributed by atoms with Gasteiger partial charge in [-0.3, -0.25) is 4.79 Å². The number of rotatable bonds is 3. The lowest BCUT2D eigenvalue weighted by Gasteiger charge is -2.11. The van der Waals surface area contributed by atoms with Crippen molar-refractivity contribution in [3.05, 3.63) is 23.8 Å². The summed E-state index contributed by atoms with van der Waals surface area (Å²) in [6, 6.07) is 0. The second kappa shape index (κ2) is 3.55. The Labute approximate surface area is 91.7 Å². The molecule has 1 aromatic rings. The van der Waals surface area contributed by atoms with Crippen molar-refractivity contribution in [1.82, 2.24) is 15.3 Å². The first-order valence-corrected chi connectivity index (χ1v) is 4.88. The molecule has 2 N–H and O–H groups in total. The van der Waals surface area contributed by atoms with Gasteiger partial charge in [0.25, 0.3) is 5.91 Å². The van der Waals surface area contributed by atoms with E-state index in [1.54, 1.807) is 6.92 Å². The maximum absolute atomic E-state index is 11.7. The molecule has 6 nitrogen and oxygen atoms in total. The number of hydrogen-bond donors (Lipinski definition) is 2. The predicted octanol–water partition coefficient (Wildman–Crippen LogP) is 0.132. The van der Waals surface area contributed by atoms with Crippen LogP contribution in [0.1, 0.15) is 29.0 Å². The number of carboxylic acid groups (broad SMARTS) is 1. The number of carboxylic acids is 1. The van der Waals surface area contributed by atoms with Gasteiger partial charge in [-0.1, -0.05) is 0 Å². The van der Waals surface area contributed by atoms with E-state index in [9.17, 15) is 9.59 Å². The fourth-order valence-electron chi connectivity index (χ4n) is 1.32. The van der Waals surface area contributed by atoms with Crippen molar-refractivity contribution >= 4 is 11.9 Å². The molecule has 1 fully saturated rings. The molecule has 1 aliphatic rings. The number of carbonyl (C=O) groups is 2. The number of amides is 1. The Morgan fingerprint density at radius 3 is 2.38 bits per heavy atom. The van der Waals surface area contributed by atoms with Crippen molar-refractivity contribution in [2.24, 2.45) is 0 Å². The molecule has 16 heavy (non-hydrogen) atoms. The van der Waals surface area contributed by atoms with Crippen LogP contribution >= 0.6 is 0 Å². The van der Waals surface area contributed by atoms with Gasteiger partial charge in [-0.25, -0.2) is 14.8 Å². The summed E-state index contributed by atoms with van der Waals surface area (Å²) in [6.07, 6.45) is 3.72. The second-order valence-electron chi connectivity index (χ2n) is 3.86. The largest absolute Gasteiger partial charge is 0.480 e. The highest BCUT2D eigenvalue weighted by Gasteiger charge is 2.51. The van der Waals surface area contributed by atoms with Crippen LogP contribution in [-0.4, -0.2) is 32.5 Å². The van der Waals surface area contributed by atoms with Crippen molar-refractivity contribution in [1.29, 1.82) is 0 Å². The summed E-state index contributed by atoms with van der Waals surface area (Å²) in [7, 11) is 0. The Balaban J connectivity index is 2.09. The monoisotopic (exact) mass is 221 g/mol. The van der Waals surface area contributed by atoms with Crippen LogP contribution in [0.2, 0.25) is 0 Å². The van der Waals surface area contributed by atoms with Gasteiger partial charge in [0.15, 0.2) is 0 Å². The fourth-order valence-corrected chi connectivity index (χ4v) is 1.32. The number of hydrogen-bond acceptors (Lipinski definition) is 4. The highest BCUT2D eigenvalue weighted by atomic mass is 16.4. The van der Waals surface area contributed by atoms with Gasteiger partial charge in [0, 0.05) is 12.4 Å². The van der Waals surface area contributed by atoms with Gasteiger partial charge in [-0.2, -0.15) is 0 Å². The number of aliphatic carboxylic acids is 1. The van der Waals surface area contributed by atoms with Crippen molar-refractivity contribution in [2.45, 2.75) is 25.3 Å². The molecular formula is C10H11N3O3. The van der Waals surface area contributed by atoms with Crippen LogP contribution in [0.25, 0.3) is 0 Å². The van der Waals surface area contributed by atoms with E-state index in [-0.39, 0.29) is 5.56 Å². The Kier molecular flexibility index (Phi) is 2.34. The van der Waals surface area contributed by atoms with E-state index in [1.165, 1.54) is 12.4 Å². The first-order valence-electron chi connectivity index (χ1n) is 4.88. The molecule has 0 spiro atoms. The van der Waals surface area contributed by atoms with Crippen LogP contribution in [0.5, 0.6) is 0 Å². The van der Waals surface area contributed by atoms with Gasteiger partial charge in [0.05, 0.1) is 5.56 Å². The summed E-state index contributed by atoms with van der Waals surface area (Å²) in [5.41, 5.74) is -0.791. The zero-order valence-electron chi connectivity index (χ0n) is 8.73. The molecule has 0 aliphatic heterocycles. The molecule has 84 valence electrons. The molecule has 0 unspecified atom stereocenters. The van der Waals surface area contributed by atoms with Gasteiger partial charge in [-0.15, -0.1) is 0 Å². The molecule has 1 heterocycles. The van der Waals surface area contributed by atoms with Crippen molar-refractivity contribution in [3.8, 4) is 0 Å². The van der Waals surface area contributed by atoms with Gasteiger partial charge in [0.1, 0.15) is 11.4 Å². The van der Waals surface area contributed by atoms with E-state index in [1.807, 2.05) is 0 Å². The molecule has 6 heteroatoms. The Bertz CT molecular complexity index is 437. The lowest BCUT2D eigenvalue weighted by Crippen LogP contribution is -2.43. The summed E-state index contributed by atoms with van der Waals surface area (Å²) in [5, 5.41) is 11.4. The minimum atomic E-state index is -1.07. The first-order chi connectivity index (χ1) is 7.53. The molecule has 0 atom stereocenters. The van der Waals surface area contributed by atoms with Gasteiger partial charge in [-0.05, 0) is 19.8 Å². The summed E-state index contributed by atoms with van der Waals surface area (Å²) in [6.45, 7) is 1.71. The lowest BCUT2D eigenvalue weighted by atomic mass is 10.2. The molecule has 1 amide bonds. The number of nitrogens with zero attached hydrogens (tertiary/aromatic N) is 2. The van der Waals surface area contributed by atoms with E-state index in [0.717, 1.165) is 0 Å². The number of aromatic nitrogens is 2. The smallest absolute Gasteiger partial charge is 0.329 e. The quantitative estimate of drug-likeness (QED) is 0.757. The summed E-state index contributed by atoms with van der Waals surface area (Å²) >= 11 is 0. The number of nitrogens with one attached hydrogen (secondary N) is 1. The van der Waals surface area contributed by atoms with Crippen LogP contribution < -0.4 is 5.32 Å². The molecular weight excluding hydrogens is 210 g/mol. The van der Waals surface area contributed by atoms with Crippen LogP contribution in [0.15, 0.2) is 12.4 Å². The number of carbonyl (C=O) groups excluding carboxylic acids is 1. The first kappa shape index (κ1) is 10.5. The predicted molar refractivity (Wildman–Crippen MR) is 53.8 cm³/mol. The summed E-state index contributed by atoms with van der Waals surface area (Å²) < 4.78 is 0. The third-order valence-corrected chi connectivity index (χ3v) is 2.56. The van der Waals surface area contributed by atoms with E-state index in [2.05, 4.69) is 15.3 Å². The zero-order valence-corrected chi connectivity index (χ0v) is 8.73. The van der Waals surface area contributed by atoms with E-state index in [0.29, 0.717) is 18.7 Å². The van der Waals surface area contributed by atoms with Crippen molar-refractivity contribution < 1.29 is 14.7 Å². The van der Waals surface area contributed by atoms with Gasteiger partial charge < -0.3 is 10.4 Å². The molecule has 2 rings (SSSR count). The maximum atomic E-state index is 11.7. The van der Waals surface area contributed by atoms with Gasteiger partial charge >= 0.3 is 5.97 Å². The molecule has 0 radical (unpaired) electrons. The van der Waals surface area contributed by atoms with Crippen LogP contribution in [0.4, 0.5) is 0 Å². The second-order valence-corrected chi connectivity index (χ2v) is 3.86. The normalized spacial score (nSPS) is 16.6. The molecule has 0 bridgehead atoms.